The average molecular weight is 2380 g/mol. The van der Waals surface area contributed by atoms with E-state index in [1.54, 1.807) is 22.8 Å². The Hall–Kier alpha value is -7.42. The minimum absolute atomic E-state index is 0. The Morgan fingerprint density at radius 2 is 0.822 bits per heavy atom. The van der Waals surface area contributed by atoms with Crippen LogP contribution in [0.3, 0.4) is 0 Å². The first-order valence-electron chi connectivity index (χ1n) is 47.6. The van der Waals surface area contributed by atoms with Crippen LogP contribution < -0.4 is 69.8 Å². The fraction of sp³-hybridized carbons (Fsp3) is 0.316. The maximum Gasteiger partial charge on any atom is 1.00 e. The van der Waals surface area contributed by atoms with Gasteiger partial charge in [-0.15, -0.1) is 5.41 Å². The SMILES string of the molecule is C.C.CC(C)Oc1ccc([N+](=O)[O-])cc1[CH]=[Ru]([Cl])[Cl].CC=Cc1cc([N+](=O)[O-])ccc1OC(C)C.CCc1cccc(CC)c1N1[CH-]C(C)(C)CC1(C)C.CCc1cccc(CC)c1[N+]1=CC(C)(C)CC1(C)C.C[Si](C)(C)[N-][Si](C)(C)C.FB(F)F.[Cl][Cu].[Cl][Ru]([Cl])=[C]1C=C(c2ccccc2)c2ccccc21.[F-].[Li+].c1ccc([PH+](c2ccccc2)c2ccccc2)cc1.c1ccc([PH+](c2ccccc2)c2ccccc2)cc1. The molecular weight excluding hydrogens is 2230 g/mol. The second kappa shape index (κ2) is 66.4. The van der Waals surface area contributed by atoms with E-state index in [-0.39, 0.29) is 83.9 Å². The van der Waals surface area contributed by atoms with E-state index in [1.165, 1.54) is 125 Å². The van der Waals surface area contributed by atoms with Crippen molar-refractivity contribution in [2.45, 2.75) is 234 Å². The number of non-ortho nitro benzene ring substituents is 2. The Morgan fingerprint density at radius 1 is 0.500 bits per heavy atom. The molecule has 1 saturated heterocycles. The fourth-order valence-electron chi connectivity index (χ4n) is 17.6. The predicted octanol–water partition coefficient (Wildman–Crippen LogP) is 27.4. The van der Waals surface area contributed by atoms with Gasteiger partial charge in [0.25, 0.3) is 5.69 Å². The van der Waals surface area contributed by atoms with Gasteiger partial charge in [-0.05, 0) is 150 Å². The third kappa shape index (κ3) is 44.9. The Labute approximate surface area is 927 Å². The van der Waals surface area contributed by atoms with Crippen molar-refractivity contribution in [3.8, 4) is 11.5 Å². The number of benzene rings is 12. The van der Waals surface area contributed by atoms with Crippen LogP contribution in [0.1, 0.15) is 195 Å². The van der Waals surface area contributed by atoms with Crippen molar-refractivity contribution in [3.63, 3.8) is 0 Å². The van der Waals surface area contributed by atoms with E-state index in [9.17, 15) is 33.2 Å². The van der Waals surface area contributed by atoms with Gasteiger partial charge in [0.2, 0.25) is 5.69 Å². The molecule has 1 aliphatic carbocycles. The van der Waals surface area contributed by atoms with E-state index in [2.05, 4.69) is 425 Å². The van der Waals surface area contributed by atoms with Crippen molar-refractivity contribution in [2.24, 2.45) is 10.8 Å². The van der Waals surface area contributed by atoms with E-state index in [1.807, 2.05) is 65.0 Å². The van der Waals surface area contributed by atoms with Gasteiger partial charge >= 0.3 is 284 Å². The van der Waals surface area contributed by atoms with Crippen LogP contribution in [0.25, 0.3) is 16.3 Å². The number of allylic oxidation sites excluding steroid dienone is 2. The second-order valence-electron chi connectivity index (χ2n) is 39.0. The maximum absolute atomic E-state index is 10.7. The van der Waals surface area contributed by atoms with Crippen molar-refractivity contribution in [1.29, 1.82) is 0 Å². The molecule has 0 N–H and O–H groups in total. The van der Waals surface area contributed by atoms with Gasteiger partial charge < -0.3 is 19.0 Å². The van der Waals surface area contributed by atoms with Crippen LogP contribution in [0.2, 0.25) is 39.3 Å². The van der Waals surface area contributed by atoms with Crippen LogP contribution in [-0.4, -0.2) is 76.7 Å². The molecule has 2 heterocycles. The van der Waals surface area contributed by atoms with Gasteiger partial charge in [0.1, 0.15) is 37.6 Å². The zero-order valence-corrected chi connectivity index (χ0v) is 99.7. The standard InChI is InChI=1S/2C18H28N.2C18H15P.C15H10.C12H15NO3.C10H11NO3.C6H18NSi2.2CH4.BF3.5ClH.Cu.FH.Li.2Ru/c2*1-7-14-10-9-11-15(8-2)16(14)19-13-17(3,4)12-18(19,5)6;2*1-4-10-16(11-5-1)19(17-12-6-2-7-13-17)18-14-8-3-9-15-18;1-2-6-12(7-3-1)15-11-10-13-8-4-5-9-14(13)15;1-4-5-10-8-11(13(14)15)6-7-12(10)16-9(2)3;1-7(2)14-10-5-4-9(11(12)13)6-8(10)3;1-8(2,3)7-9(4,5)6;;;2-1(3)4;;;;;;;;;;/h2*9-11,13H,7-8,12H2,1-6H3;2*1-15H;1-9,11H;4-9H,1-3H3;3-7H,1-2H3;1-6H3;2*1H4;;5*1H;;1H;;;/q-1;+1;;;;;;-1;;;;;;;;;+1;;+1;2*+2/p-4. The average Bonchev–Trinajstić information content (AvgIpc) is 1.60. The predicted molar refractivity (Wildman–Crippen MR) is 625 cm³/mol. The molecule has 0 amide bonds. The van der Waals surface area contributed by atoms with Crippen molar-refractivity contribution < 1.29 is 103 Å². The summed E-state index contributed by atoms with van der Waals surface area (Å²) in [4.78, 5) is 23.0. The number of ether oxygens (including phenoxy) is 2. The van der Waals surface area contributed by atoms with Crippen LogP contribution >= 0.6 is 64.7 Å². The number of nitro groups is 2. The Kier molecular flexibility index (Phi) is 61.2. The van der Waals surface area contributed by atoms with Crippen LogP contribution in [0, 0.1) is 37.6 Å². The molecule has 790 valence electrons. The number of halogens is 9. The van der Waals surface area contributed by atoms with E-state index in [0.29, 0.717) is 17.1 Å². The first kappa shape index (κ1) is 135. The molecule has 12 aromatic rings. The van der Waals surface area contributed by atoms with Crippen LogP contribution in [-0.2, 0) is 67.8 Å². The molecule has 3 aliphatic rings. The maximum atomic E-state index is 10.7. The topological polar surface area (TPSA) is 125 Å². The van der Waals surface area contributed by atoms with E-state index < -0.39 is 76.7 Å². The van der Waals surface area contributed by atoms with Crippen LogP contribution in [0.15, 0.2) is 322 Å². The summed E-state index contributed by atoms with van der Waals surface area (Å²) in [6, 6.07) is 106. The molecule has 146 heavy (non-hydrogen) atoms. The summed E-state index contributed by atoms with van der Waals surface area (Å²) in [6.45, 7) is 53.5. The largest absolute Gasteiger partial charge is 1.00 e. The van der Waals surface area contributed by atoms with E-state index in [4.69, 9.17) is 52.9 Å². The molecule has 12 aromatic carbocycles. The number of hydrogen-bond donors (Lipinski definition) is 0. The third-order valence-corrected chi connectivity index (χ3v) is 37.9. The summed E-state index contributed by atoms with van der Waals surface area (Å²) in [5, 5.41) is 29.9. The minimum Gasteiger partial charge on any atom is -1.00 e. The summed E-state index contributed by atoms with van der Waals surface area (Å²) in [5.41, 5.74) is 16.0. The molecule has 0 aromatic heterocycles. The number of anilines is 1. The smallest absolute Gasteiger partial charge is 1.00 e. The molecule has 11 nitrogen and oxygen atoms in total. The number of hydrogen-bond acceptors (Lipinski definition) is 7. The zero-order chi connectivity index (χ0) is 105. The summed E-state index contributed by atoms with van der Waals surface area (Å²) in [7, 11) is 20.5. The first-order chi connectivity index (χ1) is 67.2. The van der Waals surface area contributed by atoms with Gasteiger partial charge in [-0.25, -0.2) is 6.54 Å². The van der Waals surface area contributed by atoms with Gasteiger partial charge in [0.05, 0.1) is 26.9 Å². The van der Waals surface area contributed by atoms with Gasteiger partial charge in [0.15, 0.2) is 11.8 Å². The van der Waals surface area contributed by atoms with Crippen LogP contribution in [0.5, 0.6) is 11.5 Å². The molecule has 0 unspecified atom stereocenters. The third-order valence-electron chi connectivity index (χ3n) is 22.1. The number of nitrogens with zero attached hydrogens (tertiary/aromatic N) is 5. The second-order valence-corrected chi connectivity index (χ2v) is 65.0. The fourth-order valence-corrected chi connectivity index (χ4v) is 35.1. The van der Waals surface area contributed by atoms with Gasteiger partial charge in [-0.1, -0.05) is 290 Å². The number of rotatable bonds is 23. The van der Waals surface area contributed by atoms with Gasteiger partial charge in [0, 0.05) is 65.7 Å². The van der Waals surface area contributed by atoms with Crippen molar-refractivity contribution in [3.05, 3.63) is 403 Å². The van der Waals surface area contributed by atoms with E-state index >= 15 is 0 Å². The van der Waals surface area contributed by atoms with E-state index in [0.717, 1.165) is 35.4 Å². The first-order valence-corrected chi connectivity index (χ1v) is 69.6. The molecular formula is C117H150BCl5CuF4LiN5O6P2Ru2Si2+. The number of nitro benzene ring substituents is 2. The Morgan fingerprint density at radius 3 is 1.10 bits per heavy atom. The molecule has 29 heteroatoms. The quantitative estimate of drug-likeness (QED) is 0.0119. The monoisotopic (exact) mass is 2370 g/mol. The summed E-state index contributed by atoms with van der Waals surface area (Å²) < 4.78 is 50.2. The number of para-hydroxylation sites is 2. The minimum atomic E-state index is -3.67. The molecule has 15 rings (SSSR count). The summed E-state index contributed by atoms with van der Waals surface area (Å²) >= 11 is -0.267. The van der Waals surface area contributed by atoms with Crippen molar-refractivity contribution in [1.82, 2.24) is 0 Å². The molecule has 0 radical (unpaired) electrons. The molecule has 0 atom stereocenters. The number of fused-ring (bicyclic) bond motifs is 1. The van der Waals surface area contributed by atoms with Crippen molar-refractivity contribution in [2.75, 3.05) is 4.90 Å². The summed E-state index contributed by atoms with van der Waals surface area (Å²) in [5.74, 6) is 1.23. The Bertz CT molecular complexity index is 5730. The van der Waals surface area contributed by atoms with Gasteiger partial charge in [-0.3, -0.25) is 23.1 Å². The van der Waals surface area contributed by atoms with Crippen LogP contribution in [0.4, 0.5) is 35.7 Å². The molecule has 2 aliphatic heterocycles. The molecule has 0 bridgehead atoms. The molecule has 0 spiro atoms. The van der Waals surface area contributed by atoms with Gasteiger partial charge in [-0.2, -0.15) is 4.58 Å². The normalized spacial score (nSPS) is 13.5. The molecule has 1 fully saturated rings. The molecule has 0 saturated carbocycles. The zero-order valence-electron chi connectivity index (χ0n) is 87.5. The number of aryl methyl sites for hydroxylation is 4. The Balaban J connectivity index is 0.000000560. The van der Waals surface area contributed by atoms with Crippen molar-refractivity contribution >= 4 is 170 Å². The summed E-state index contributed by atoms with van der Waals surface area (Å²) in [6.07, 6.45) is 15.1.